The summed E-state index contributed by atoms with van der Waals surface area (Å²) in [6.07, 6.45) is 0.284. The molecule has 1 atom stereocenters. The highest BCUT2D eigenvalue weighted by Crippen LogP contribution is 2.24. The molecule has 33 heavy (non-hydrogen) atoms. The van der Waals surface area contributed by atoms with Gasteiger partial charge in [-0.1, -0.05) is 54.5 Å². The van der Waals surface area contributed by atoms with E-state index in [1.807, 2.05) is 54.8 Å². The van der Waals surface area contributed by atoms with Crippen LogP contribution in [-0.2, 0) is 20.8 Å². The van der Waals surface area contributed by atoms with Crippen LogP contribution < -0.4 is 4.74 Å². The first kappa shape index (κ1) is 24.4. The van der Waals surface area contributed by atoms with E-state index in [1.165, 1.54) is 0 Å². The first-order valence-corrected chi connectivity index (χ1v) is 11.7. The summed E-state index contributed by atoms with van der Waals surface area (Å²) >= 11 is 1.54. The molecule has 1 aromatic heterocycles. The lowest BCUT2D eigenvalue weighted by Crippen LogP contribution is -2.26. The zero-order chi connectivity index (χ0) is 23.5. The van der Waals surface area contributed by atoms with E-state index in [9.17, 15) is 9.90 Å². The molecule has 1 N–H and O–H groups in total. The summed E-state index contributed by atoms with van der Waals surface area (Å²) in [5, 5.41) is 16.4. The number of thiazole rings is 1. The first-order chi connectivity index (χ1) is 16.1. The van der Waals surface area contributed by atoms with Crippen LogP contribution in [-0.4, -0.2) is 47.7 Å². The largest absolute Gasteiger partial charge is 0.487 e. The van der Waals surface area contributed by atoms with Gasteiger partial charge in [-0.15, -0.1) is 11.3 Å². The van der Waals surface area contributed by atoms with E-state index in [1.54, 1.807) is 30.4 Å². The molecule has 8 heteroatoms. The fourth-order valence-corrected chi connectivity index (χ4v) is 3.82. The van der Waals surface area contributed by atoms with E-state index in [0.29, 0.717) is 36.8 Å². The molecule has 174 valence electrons. The molecule has 0 saturated carbocycles. The molecule has 0 radical (unpaired) electrons. The minimum atomic E-state index is -0.969. The van der Waals surface area contributed by atoms with Gasteiger partial charge in [-0.05, 0) is 31.0 Å². The lowest BCUT2D eigenvalue weighted by atomic mass is 10.1. The van der Waals surface area contributed by atoms with Gasteiger partial charge < -0.3 is 19.4 Å². The highest BCUT2D eigenvalue weighted by Gasteiger charge is 2.18. The molecule has 1 heterocycles. The maximum atomic E-state index is 11.3. The lowest BCUT2D eigenvalue weighted by molar-refractivity contribution is -0.149. The molecular weight excluding hydrogens is 440 g/mol. The second kappa shape index (κ2) is 12.7. The zero-order valence-electron chi connectivity index (χ0n) is 18.8. The van der Waals surface area contributed by atoms with E-state index in [-0.39, 0.29) is 6.61 Å². The second-order valence-electron chi connectivity index (χ2n) is 7.19. The molecule has 0 fully saturated rings. The topological polar surface area (TPSA) is 90.2 Å². The van der Waals surface area contributed by atoms with Crippen molar-refractivity contribution in [1.82, 2.24) is 4.98 Å². The summed E-state index contributed by atoms with van der Waals surface area (Å²) < 4.78 is 11.2. The Kier molecular flexibility index (Phi) is 9.41. The van der Waals surface area contributed by atoms with Crippen LogP contribution in [0.1, 0.15) is 31.5 Å². The third-order valence-corrected chi connectivity index (χ3v) is 5.55. The zero-order valence-corrected chi connectivity index (χ0v) is 19.6. The summed E-state index contributed by atoms with van der Waals surface area (Å²) in [6, 6.07) is 17.3. The standard InChI is InChI=1S/C25H28N2O5S/c1-3-14-32-27-21(22-17-33-24(26-22)19-8-6-5-7-9-19)16-31-20-12-10-18(11-13-20)15-23(25(28)29)30-4-2/h5-13,17,23H,3-4,14-16H2,1-2H3,(H,28,29). The van der Waals surface area contributed by atoms with Gasteiger partial charge in [-0.3, -0.25) is 0 Å². The molecule has 0 aliphatic heterocycles. The van der Waals surface area contributed by atoms with E-state index < -0.39 is 12.1 Å². The third-order valence-electron chi connectivity index (χ3n) is 4.65. The van der Waals surface area contributed by atoms with Crippen LogP contribution in [0.4, 0.5) is 0 Å². The molecule has 3 rings (SSSR count). The summed E-state index contributed by atoms with van der Waals surface area (Å²) in [5.41, 5.74) is 3.22. The van der Waals surface area contributed by atoms with Crippen LogP contribution in [0.5, 0.6) is 5.75 Å². The summed E-state index contributed by atoms with van der Waals surface area (Å²) in [4.78, 5) is 21.4. The highest BCUT2D eigenvalue weighted by molar-refractivity contribution is 7.13. The van der Waals surface area contributed by atoms with Crippen LogP contribution in [0, 0.1) is 0 Å². The van der Waals surface area contributed by atoms with Gasteiger partial charge in [0.2, 0.25) is 0 Å². The molecular formula is C25H28N2O5S. The number of nitrogens with zero attached hydrogens (tertiary/aromatic N) is 2. The number of benzene rings is 2. The average Bonchev–Trinajstić information content (AvgIpc) is 3.32. The van der Waals surface area contributed by atoms with Gasteiger partial charge in [0.25, 0.3) is 0 Å². The number of carbonyl (C=O) groups is 1. The van der Waals surface area contributed by atoms with Gasteiger partial charge in [0.15, 0.2) is 6.10 Å². The minimum absolute atomic E-state index is 0.192. The van der Waals surface area contributed by atoms with E-state index in [2.05, 4.69) is 5.16 Å². The minimum Gasteiger partial charge on any atom is -0.487 e. The third kappa shape index (κ3) is 7.40. The molecule has 0 aliphatic carbocycles. The summed E-state index contributed by atoms with van der Waals surface area (Å²) in [5.74, 6) is -0.327. The second-order valence-corrected chi connectivity index (χ2v) is 8.05. The number of hydrogen-bond acceptors (Lipinski definition) is 7. The lowest BCUT2D eigenvalue weighted by Gasteiger charge is -2.13. The molecule has 2 aromatic carbocycles. The van der Waals surface area contributed by atoms with E-state index in [4.69, 9.17) is 19.3 Å². The van der Waals surface area contributed by atoms with Crippen molar-refractivity contribution >= 4 is 23.0 Å². The molecule has 7 nitrogen and oxygen atoms in total. The maximum absolute atomic E-state index is 11.3. The number of rotatable bonds is 13. The molecule has 1 unspecified atom stereocenters. The number of aromatic nitrogens is 1. The van der Waals surface area contributed by atoms with Crippen molar-refractivity contribution in [3.05, 3.63) is 71.2 Å². The number of ether oxygens (including phenoxy) is 2. The molecule has 0 aliphatic rings. The van der Waals surface area contributed by atoms with Crippen molar-refractivity contribution in [3.8, 4) is 16.3 Å². The molecule has 0 bridgehead atoms. The van der Waals surface area contributed by atoms with Crippen molar-refractivity contribution in [3.63, 3.8) is 0 Å². The van der Waals surface area contributed by atoms with Crippen molar-refractivity contribution in [2.45, 2.75) is 32.8 Å². The van der Waals surface area contributed by atoms with Crippen molar-refractivity contribution in [1.29, 1.82) is 0 Å². The van der Waals surface area contributed by atoms with Gasteiger partial charge >= 0.3 is 5.97 Å². The normalized spacial score (nSPS) is 12.4. The van der Waals surface area contributed by atoms with Gasteiger partial charge in [-0.2, -0.15) is 0 Å². The average molecular weight is 469 g/mol. The summed E-state index contributed by atoms with van der Waals surface area (Å²) in [7, 11) is 0. The van der Waals surface area contributed by atoms with Crippen molar-refractivity contribution in [2.75, 3.05) is 19.8 Å². The van der Waals surface area contributed by atoms with Gasteiger partial charge in [0, 0.05) is 24.0 Å². The SMILES string of the molecule is CCCON=C(COc1ccc(CC(OCC)C(=O)O)cc1)c1csc(-c2ccccc2)n1. The van der Waals surface area contributed by atoms with Gasteiger partial charge in [0.1, 0.15) is 35.4 Å². The Morgan fingerprint density at radius 1 is 1.12 bits per heavy atom. The predicted octanol–water partition coefficient (Wildman–Crippen LogP) is 5.05. The number of carboxylic acid groups (broad SMARTS) is 1. The maximum Gasteiger partial charge on any atom is 0.333 e. The first-order valence-electron chi connectivity index (χ1n) is 10.9. The number of carboxylic acids is 1. The van der Waals surface area contributed by atoms with Crippen LogP contribution in [0.2, 0.25) is 0 Å². The number of oxime groups is 1. The van der Waals surface area contributed by atoms with Crippen LogP contribution in [0.3, 0.4) is 0 Å². The van der Waals surface area contributed by atoms with Crippen LogP contribution in [0.25, 0.3) is 10.6 Å². The quantitative estimate of drug-likeness (QED) is 0.214. The van der Waals surface area contributed by atoms with E-state index in [0.717, 1.165) is 22.6 Å². The monoisotopic (exact) mass is 468 g/mol. The fourth-order valence-electron chi connectivity index (χ4n) is 2.99. The van der Waals surface area contributed by atoms with Crippen LogP contribution >= 0.6 is 11.3 Å². The number of hydrogen-bond donors (Lipinski definition) is 1. The summed E-state index contributed by atoms with van der Waals surface area (Å²) in [6.45, 7) is 4.85. The van der Waals surface area contributed by atoms with Crippen LogP contribution in [0.15, 0.2) is 65.1 Å². The molecule has 3 aromatic rings. The van der Waals surface area contributed by atoms with E-state index >= 15 is 0 Å². The molecule has 0 saturated heterocycles. The Hall–Kier alpha value is -3.23. The van der Waals surface area contributed by atoms with Gasteiger partial charge in [-0.25, -0.2) is 9.78 Å². The highest BCUT2D eigenvalue weighted by atomic mass is 32.1. The predicted molar refractivity (Wildman–Crippen MR) is 129 cm³/mol. The smallest absolute Gasteiger partial charge is 0.333 e. The van der Waals surface area contributed by atoms with Gasteiger partial charge in [0.05, 0.1) is 0 Å². The Labute approximate surface area is 197 Å². The van der Waals surface area contributed by atoms with Crippen molar-refractivity contribution in [2.24, 2.45) is 5.16 Å². The Bertz CT molecular complexity index is 1030. The Balaban J connectivity index is 1.67. The van der Waals surface area contributed by atoms with Crippen molar-refractivity contribution < 1.29 is 24.2 Å². The Morgan fingerprint density at radius 3 is 2.55 bits per heavy atom. The molecule has 0 spiro atoms. The fraction of sp³-hybridized carbons (Fsp3) is 0.320. The molecule has 0 amide bonds. The Morgan fingerprint density at radius 2 is 1.88 bits per heavy atom. The number of aliphatic carboxylic acids is 1.